The number of rotatable bonds is 9. The van der Waals surface area contributed by atoms with Crippen LogP contribution in [0.2, 0.25) is 0 Å². The Morgan fingerprint density at radius 1 is 1.31 bits per heavy atom. The predicted octanol–water partition coefficient (Wildman–Crippen LogP) is 0.658. The van der Waals surface area contributed by atoms with Crippen molar-refractivity contribution in [3.8, 4) is 0 Å². The van der Waals surface area contributed by atoms with Gasteiger partial charge in [0.05, 0.1) is 0 Å². The van der Waals surface area contributed by atoms with E-state index in [9.17, 15) is 14.4 Å². The number of Topliss-reactive ketones (excluding diaryl/α,β-unsaturated/α-hetero) is 1. The largest absolute Gasteiger partial charge is 0.461 e. The van der Waals surface area contributed by atoms with E-state index in [0.29, 0.717) is 26.1 Å². The fourth-order valence-electron chi connectivity index (χ4n) is 2.50. The van der Waals surface area contributed by atoms with Crippen LogP contribution in [0.5, 0.6) is 0 Å². The number of hydrogen-bond acceptors (Lipinski definition) is 6. The number of carbonyl (C=O) groups is 3. The minimum Gasteiger partial charge on any atom is -0.461 e. The molecule has 1 aliphatic rings. The summed E-state index contributed by atoms with van der Waals surface area (Å²) >= 11 is 0. The van der Waals surface area contributed by atoms with Crippen molar-refractivity contribution in [2.75, 3.05) is 20.3 Å². The molecule has 0 aliphatic carbocycles. The van der Waals surface area contributed by atoms with Crippen LogP contribution in [-0.4, -0.2) is 67.2 Å². The summed E-state index contributed by atoms with van der Waals surface area (Å²) in [5.41, 5.74) is 8.39. The molecule has 0 aromatic carbocycles. The second-order valence-electron chi connectivity index (χ2n) is 6.14. The molecule has 0 bridgehead atoms. The van der Waals surface area contributed by atoms with Gasteiger partial charge in [0, 0.05) is 26.7 Å². The SMILES string of the molecule is CO[C@@H](C)C(=O)N[C@@H](CCC(=O)C=[N+]=[N-])C(=O)OC1CCCOCCC1. The van der Waals surface area contributed by atoms with Gasteiger partial charge in [0.2, 0.25) is 11.7 Å². The van der Waals surface area contributed by atoms with Gasteiger partial charge in [-0.25, -0.2) is 4.79 Å². The van der Waals surface area contributed by atoms with E-state index in [1.165, 1.54) is 7.11 Å². The van der Waals surface area contributed by atoms with Crippen molar-refractivity contribution in [3.63, 3.8) is 0 Å². The number of methoxy groups -OCH3 is 1. The molecule has 1 saturated heterocycles. The zero-order chi connectivity index (χ0) is 19.4. The minimum absolute atomic E-state index is 0.0433. The van der Waals surface area contributed by atoms with Crippen LogP contribution in [0.25, 0.3) is 5.53 Å². The first kappa shape index (κ1) is 22.0. The first-order chi connectivity index (χ1) is 12.5. The summed E-state index contributed by atoms with van der Waals surface area (Å²) in [6.45, 7) is 2.82. The standard InChI is InChI=1S/C17H27N3O6/c1-12(24-2)16(22)20-15(8-7-13(21)11-19-18)17(23)26-14-5-3-9-25-10-4-6-14/h11-12,14-15H,3-10H2,1-2H3,(H,20,22)/t12-,15-/m0/s1. The summed E-state index contributed by atoms with van der Waals surface area (Å²) in [5, 5.41) is 2.56. The van der Waals surface area contributed by atoms with Gasteiger partial charge in [-0.15, -0.1) is 0 Å². The van der Waals surface area contributed by atoms with Gasteiger partial charge >= 0.3 is 12.2 Å². The minimum atomic E-state index is -0.974. The molecule has 1 heterocycles. The van der Waals surface area contributed by atoms with Gasteiger partial charge in [-0.2, -0.15) is 4.79 Å². The second kappa shape index (κ2) is 12.3. The van der Waals surface area contributed by atoms with Crippen molar-refractivity contribution < 1.29 is 33.4 Å². The van der Waals surface area contributed by atoms with Crippen molar-refractivity contribution in [1.82, 2.24) is 5.32 Å². The summed E-state index contributed by atoms with van der Waals surface area (Å²) in [7, 11) is 1.38. The predicted molar refractivity (Wildman–Crippen MR) is 91.5 cm³/mol. The fraction of sp³-hybridized carbons (Fsp3) is 0.765. The maximum atomic E-state index is 12.5. The molecule has 0 radical (unpaired) electrons. The molecule has 0 unspecified atom stereocenters. The first-order valence-electron chi connectivity index (χ1n) is 8.79. The van der Waals surface area contributed by atoms with Crippen molar-refractivity contribution in [1.29, 1.82) is 0 Å². The Morgan fingerprint density at radius 2 is 1.96 bits per heavy atom. The highest BCUT2D eigenvalue weighted by atomic mass is 16.5. The number of amides is 1. The Labute approximate surface area is 153 Å². The van der Waals surface area contributed by atoms with Crippen molar-refractivity contribution in [2.45, 2.75) is 63.7 Å². The van der Waals surface area contributed by atoms with E-state index in [1.54, 1.807) is 6.92 Å². The molecule has 1 N–H and O–H groups in total. The van der Waals surface area contributed by atoms with Crippen LogP contribution >= 0.6 is 0 Å². The van der Waals surface area contributed by atoms with Crippen molar-refractivity contribution >= 4 is 23.9 Å². The molecule has 0 aromatic heterocycles. The van der Waals surface area contributed by atoms with E-state index < -0.39 is 29.8 Å². The average Bonchev–Trinajstić information content (AvgIpc) is 2.59. The number of ether oxygens (including phenoxy) is 3. The van der Waals surface area contributed by atoms with E-state index in [0.717, 1.165) is 19.1 Å². The fourth-order valence-corrected chi connectivity index (χ4v) is 2.50. The number of nitrogens with zero attached hydrogens (tertiary/aromatic N) is 2. The molecule has 9 heteroatoms. The molecule has 1 rings (SSSR count). The lowest BCUT2D eigenvalue weighted by atomic mass is 10.1. The topological polar surface area (TPSA) is 127 Å². The monoisotopic (exact) mass is 369 g/mol. The number of esters is 1. The van der Waals surface area contributed by atoms with Crippen molar-refractivity contribution in [2.24, 2.45) is 0 Å². The maximum Gasteiger partial charge on any atom is 0.328 e. The Morgan fingerprint density at radius 3 is 2.54 bits per heavy atom. The summed E-state index contributed by atoms with van der Waals surface area (Å²) in [4.78, 5) is 38.7. The summed E-state index contributed by atoms with van der Waals surface area (Å²) in [6, 6.07) is -0.974. The van der Waals surface area contributed by atoms with Gasteiger partial charge in [-0.1, -0.05) is 0 Å². The third-order valence-corrected chi connectivity index (χ3v) is 4.12. The maximum absolute atomic E-state index is 12.5. The zero-order valence-corrected chi connectivity index (χ0v) is 15.3. The van der Waals surface area contributed by atoms with Gasteiger partial charge in [-0.05, 0) is 39.0 Å². The highest BCUT2D eigenvalue weighted by molar-refractivity contribution is 6.25. The third-order valence-electron chi connectivity index (χ3n) is 4.12. The summed E-state index contributed by atoms with van der Waals surface area (Å²) in [6.07, 6.45) is 2.73. The smallest absolute Gasteiger partial charge is 0.328 e. The Hall–Kier alpha value is -2.09. The van der Waals surface area contributed by atoms with Gasteiger partial charge in [0.25, 0.3) is 0 Å². The number of carbonyl (C=O) groups excluding carboxylic acids is 3. The molecular formula is C17H27N3O6. The van der Waals surface area contributed by atoms with E-state index in [4.69, 9.17) is 19.7 Å². The first-order valence-corrected chi connectivity index (χ1v) is 8.79. The lowest BCUT2D eigenvalue weighted by Gasteiger charge is -2.24. The average molecular weight is 369 g/mol. The van der Waals surface area contributed by atoms with Crippen molar-refractivity contribution in [3.05, 3.63) is 5.53 Å². The van der Waals surface area contributed by atoms with Gasteiger partial charge in [-0.3, -0.25) is 9.59 Å². The summed E-state index contributed by atoms with van der Waals surface area (Å²) < 4.78 is 15.9. The summed E-state index contributed by atoms with van der Waals surface area (Å²) in [5.74, 6) is -1.51. The van der Waals surface area contributed by atoms with Gasteiger partial charge < -0.3 is 25.1 Å². The highest BCUT2D eigenvalue weighted by Crippen LogP contribution is 2.15. The van der Waals surface area contributed by atoms with Crippen LogP contribution in [-0.2, 0) is 28.6 Å². The lowest BCUT2D eigenvalue weighted by molar-refractivity contribution is -0.155. The lowest BCUT2D eigenvalue weighted by Crippen LogP contribution is -2.47. The Bertz CT molecular complexity index is 525. The second-order valence-corrected chi connectivity index (χ2v) is 6.14. The van der Waals surface area contributed by atoms with E-state index in [-0.39, 0.29) is 18.9 Å². The molecule has 2 atom stereocenters. The molecular weight excluding hydrogens is 342 g/mol. The molecule has 9 nitrogen and oxygen atoms in total. The Kier molecular flexibility index (Phi) is 10.4. The molecule has 0 spiro atoms. The highest BCUT2D eigenvalue weighted by Gasteiger charge is 2.28. The van der Waals surface area contributed by atoms with E-state index in [1.807, 2.05) is 0 Å². The van der Waals surface area contributed by atoms with E-state index >= 15 is 0 Å². The van der Waals surface area contributed by atoms with Gasteiger partial charge in [0.1, 0.15) is 18.2 Å². The molecule has 1 fully saturated rings. The molecule has 1 aliphatic heterocycles. The molecule has 0 saturated carbocycles. The van der Waals surface area contributed by atoms with Crippen LogP contribution in [0.15, 0.2) is 0 Å². The number of hydrogen-bond donors (Lipinski definition) is 1. The molecule has 0 aromatic rings. The van der Waals surface area contributed by atoms with Crippen LogP contribution < -0.4 is 5.32 Å². The quantitative estimate of drug-likeness (QED) is 0.275. The Balaban J connectivity index is 2.69. The van der Waals surface area contributed by atoms with Gasteiger partial charge in [0.15, 0.2) is 0 Å². The number of nitrogens with one attached hydrogen (secondary N) is 1. The van der Waals surface area contributed by atoms with Crippen LogP contribution in [0.4, 0.5) is 0 Å². The van der Waals surface area contributed by atoms with Crippen LogP contribution in [0.1, 0.15) is 45.4 Å². The van der Waals surface area contributed by atoms with E-state index in [2.05, 4.69) is 10.1 Å². The van der Waals surface area contributed by atoms with Crippen LogP contribution in [0.3, 0.4) is 0 Å². The zero-order valence-electron chi connectivity index (χ0n) is 15.3. The third kappa shape index (κ3) is 8.33. The van der Waals surface area contributed by atoms with Crippen LogP contribution in [0, 0.1) is 0 Å². The molecule has 146 valence electrons. The normalized spacial score (nSPS) is 17.8. The molecule has 26 heavy (non-hydrogen) atoms. The number of ketones is 1. The molecule has 1 amide bonds.